The van der Waals surface area contributed by atoms with E-state index in [0.717, 1.165) is 29.8 Å². The molecule has 0 bridgehead atoms. The Morgan fingerprint density at radius 1 is 1.27 bits per heavy atom. The molecule has 1 aromatic heterocycles. The average molecular weight is 248 g/mol. The van der Waals surface area contributed by atoms with Crippen LogP contribution in [0.5, 0.6) is 0 Å². The first-order chi connectivity index (χ1) is 6.40. The first kappa shape index (κ1) is 14.2. The summed E-state index contributed by atoms with van der Waals surface area (Å²) in [5.41, 5.74) is 2.17. The molecule has 2 aromatic rings. The molecule has 0 fully saturated rings. The molecule has 0 unspecified atom stereocenters. The summed E-state index contributed by atoms with van der Waals surface area (Å²) in [4.78, 5) is 7.73. The van der Waals surface area contributed by atoms with Gasteiger partial charge in [-0.15, -0.1) is 24.8 Å². The first-order valence-electron chi connectivity index (χ1n) is 4.48. The summed E-state index contributed by atoms with van der Waals surface area (Å²) in [7, 11) is 1.95. The van der Waals surface area contributed by atoms with Crippen molar-refractivity contribution in [1.82, 2.24) is 15.3 Å². The fraction of sp³-hybridized carbons (Fsp3) is 0.300. The van der Waals surface area contributed by atoms with E-state index < -0.39 is 0 Å². The maximum Gasteiger partial charge on any atom is 0.108 e. The number of hydrogen-bond donors (Lipinski definition) is 2. The number of halogens is 2. The Labute approximate surface area is 101 Å². The quantitative estimate of drug-likeness (QED) is 0.873. The Morgan fingerprint density at radius 3 is 2.67 bits per heavy atom. The summed E-state index contributed by atoms with van der Waals surface area (Å²) in [6, 6.07) is 8.09. The van der Waals surface area contributed by atoms with E-state index in [9.17, 15) is 0 Å². The Morgan fingerprint density at radius 2 is 2.00 bits per heavy atom. The van der Waals surface area contributed by atoms with Gasteiger partial charge in [-0.25, -0.2) is 4.98 Å². The zero-order chi connectivity index (χ0) is 9.10. The third-order valence-electron chi connectivity index (χ3n) is 2.05. The van der Waals surface area contributed by atoms with Crippen LogP contribution in [0.1, 0.15) is 5.82 Å². The lowest BCUT2D eigenvalue weighted by Gasteiger charge is -1.93. The number of nitrogens with zero attached hydrogens (tertiary/aromatic N) is 1. The van der Waals surface area contributed by atoms with Crippen molar-refractivity contribution >= 4 is 35.8 Å². The number of fused-ring (bicyclic) bond motifs is 1. The van der Waals surface area contributed by atoms with Crippen LogP contribution in [0.25, 0.3) is 11.0 Å². The minimum atomic E-state index is 0. The lowest BCUT2D eigenvalue weighted by atomic mass is 10.3. The maximum atomic E-state index is 4.45. The van der Waals surface area contributed by atoms with Gasteiger partial charge in [0.2, 0.25) is 0 Å². The zero-order valence-electron chi connectivity index (χ0n) is 8.49. The molecule has 1 aromatic carbocycles. The van der Waals surface area contributed by atoms with E-state index in [1.54, 1.807) is 0 Å². The molecular formula is C10H15Cl2N3. The van der Waals surface area contributed by atoms with Gasteiger partial charge in [-0.2, -0.15) is 0 Å². The molecule has 3 nitrogen and oxygen atoms in total. The smallest absolute Gasteiger partial charge is 0.108 e. The summed E-state index contributed by atoms with van der Waals surface area (Å²) in [6.45, 7) is 0.958. The van der Waals surface area contributed by atoms with E-state index in [1.807, 2.05) is 31.3 Å². The number of rotatable bonds is 3. The molecule has 0 spiro atoms. The summed E-state index contributed by atoms with van der Waals surface area (Å²) >= 11 is 0. The van der Waals surface area contributed by atoms with Crippen molar-refractivity contribution in [2.24, 2.45) is 0 Å². The lowest BCUT2D eigenvalue weighted by molar-refractivity contribution is 0.766. The number of aromatic nitrogens is 2. The third-order valence-corrected chi connectivity index (χ3v) is 2.05. The summed E-state index contributed by atoms with van der Waals surface area (Å²) < 4.78 is 0. The van der Waals surface area contributed by atoms with E-state index in [2.05, 4.69) is 15.3 Å². The maximum absolute atomic E-state index is 4.45. The Bertz CT molecular complexity index is 367. The van der Waals surface area contributed by atoms with E-state index >= 15 is 0 Å². The molecule has 0 aliphatic carbocycles. The minimum absolute atomic E-state index is 0. The number of nitrogens with one attached hydrogen (secondary N) is 2. The fourth-order valence-electron chi connectivity index (χ4n) is 1.37. The van der Waals surface area contributed by atoms with Gasteiger partial charge in [0.1, 0.15) is 5.82 Å². The number of H-pyrrole nitrogens is 1. The highest BCUT2D eigenvalue weighted by atomic mass is 35.5. The molecule has 2 rings (SSSR count). The van der Waals surface area contributed by atoms with Crippen LogP contribution in [-0.2, 0) is 6.42 Å². The normalized spacial score (nSPS) is 9.40. The Balaban J connectivity index is 0.000000980. The topological polar surface area (TPSA) is 40.7 Å². The molecule has 15 heavy (non-hydrogen) atoms. The van der Waals surface area contributed by atoms with E-state index in [-0.39, 0.29) is 24.8 Å². The molecule has 1 heterocycles. The van der Waals surface area contributed by atoms with Gasteiger partial charge in [0.25, 0.3) is 0 Å². The number of aromatic amines is 1. The van der Waals surface area contributed by atoms with Crippen LogP contribution in [0.4, 0.5) is 0 Å². The van der Waals surface area contributed by atoms with Gasteiger partial charge >= 0.3 is 0 Å². The minimum Gasteiger partial charge on any atom is -0.342 e. The zero-order valence-corrected chi connectivity index (χ0v) is 10.1. The van der Waals surface area contributed by atoms with Gasteiger partial charge in [0.05, 0.1) is 11.0 Å². The number of benzene rings is 1. The lowest BCUT2D eigenvalue weighted by Crippen LogP contribution is -2.10. The highest BCUT2D eigenvalue weighted by Crippen LogP contribution is 2.09. The fourth-order valence-corrected chi connectivity index (χ4v) is 1.37. The molecule has 0 atom stereocenters. The SMILES string of the molecule is CNCCc1nc2ccccc2[nH]1.Cl.Cl. The molecule has 0 saturated carbocycles. The van der Waals surface area contributed by atoms with Crippen LogP contribution in [0.3, 0.4) is 0 Å². The van der Waals surface area contributed by atoms with Gasteiger partial charge in [0.15, 0.2) is 0 Å². The van der Waals surface area contributed by atoms with Gasteiger partial charge in [-0.3, -0.25) is 0 Å². The van der Waals surface area contributed by atoms with Crippen molar-refractivity contribution in [1.29, 1.82) is 0 Å². The standard InChI is InChI=1S/C10H13N3.2ClH/c1-11-7-6-10-12-8-4-2-3-5-9(8)13-10;;/h2-5,11H,6-7H2,1H3,(H,12,13);2*1H. The van der Waals surface area contributed by atoms with Crippen molar-refractivity contribution in [3.05, 3.63) is 30.1 Å². The van der Waals surface area contributed by atoms with Crippen molar-refractivity contribution in [2.75, 3.05) is 13.6 Å². The molecule has 2 N–H and O–H groups in total. The highest BCUT2D eigenvalue weighted by molar-refractivity contribution is 5.85. The predicted molar refractivity (Wildman–Crippen MR) is 68.2 cm³/mol. The van der Waals surface area contributed by atoms with Crippen LogP contribution >= 0.6 is 24.8 Å². The van der Waals surface area contributed by atoms with E-state index in [0.29, 0.717) is 0 Å². The number of likely N-dealkylation sites (N-methyl/N-ethyl adjacent to an activating group) is 1. The van der Waals surface area contributed by atoms with Crippen molar-refractivity contribution in [3.63, 3.8) is 0 Å². The summed E-state index contributed by atoms with van der Waals surface area (Å²) in [5.74, 6) is 1.05. The third kappa shape index (κ3) is 3.38. The molecule has 0 aliphatic heterocycles. The van der Waals surface area contributed by atoms with Crippen molar-refractivity contribution < 1.29 is 0 Å². The monoisotopic (exact) mass is 247 g/mol. The molecule has 0 saturated heterocycles. The van der Waals surface area contributed by atoms with E-state index in [1.165, 1.54) is 0 Å². The summed E-state index contributed by atoms with van der Waals surface area (Å²) in [6.07, 6.45) is 0.950. The molecule has 84 valence electrons. The van der Waals surface area contributed by atoms with E-state index in [4.69, 9.17) is 0 Å². The Kier molecular flexibility index (Phi) is 6.32. The van der Waals surface area contributed by atoms with Gasteiger partial charge < -0.3 is 10.3 Å². The molecule has 0 aliphatic rings. The Hall–Kier alpha value is -0.770. The largest absolute Gasteiger partial charge is 0.342 e. The van der Waals surface area contributed by atoms with Gasteiger partial charge in [-0.05, 0) is 19.2 Å². The van der Waals surface area contributed by atoms with Crippen LogP contribution in [-0.4, -0.2) is 23.6 Å². The van der Waals surface area contributed by atoms with Crippen LogP contribution in [0.2, 0.25) is 0 Å². The van der Waals surface area contributed by atoms with Crippen molar-refractivity contribution in [3.8, 4) is 0 Å². The van der Waals surface area contributed by atoms with Gasteiger partial charge in [-0.1, -0.05) is 12.1 Å². The number of imidazole rings is 1. The van der Waals surface area contributed by atoms with Crippen LogP contribution < -0.4 is 5.32 Å². The number of hydrogen-bond acceptors (Lipinski definition) is 2. The molecule has 0 amide bonds. The second kappa shape index (κ2) is 6.67. The number of para-hydroxylation sites is 2. The molecular weight excluding hydrogens is 233 g/mol. The second-order valence-corrected chi connectivity index (χ2v) is 3.05. The predicted octanol–water partition coefficient (Wildman–Crippen LogP) is 2.17. The van der Waals surface area contributed by atoms with Crippen LogP contribution in [0.15, 0.2) is 24.3 Å². The molecule has 5 heteroatoms. The molecule has 0 radical (unpaired) electrons. The second-order valence-electron chi connectivity index (χ2n) is 3.05. The van der Waals surface area contributed by atoms with Crippen LogP contribution in [0, 0.1) is 0 Å². The van der Waals surface area contributed by atoms with Gasteiger partial charge in [0, 0.05) is 13.0 Å². The highest BCUT2D eigenvalue weighted by Gasteiger charge is 1.99. The first-order valence-corrected chi connectivity index (χ1v) is 4.48. The average Bonchev–Trinajstić information content (AvgIpc) is 2.57. The summed E-state index contributed by atoms with van der Waals surface area (Å²) in [5, 5.41) is 3.10. The van der Waals surface area contributed by atoms with Crippen molar-refractivity contribution in [2.45, 2.75) is 6.42 Å².